The number of hydrogen-bond donors (Lipinski definition) is 2. The minimum atomic E-state index is -0.607. The lowest BCUT2D eigenvalue weighted by Crippen LogP contribution is -2.32. The van der Waals surface area contributed by atoms with Crippen LogP contribution < -0.4 is 0 Å². The number of rotatable bonds is 6. The van der Waals surface area contributed by atoms with Gasteiger partial charge in [0.1, 0.15) is 0 Å². The van der Waals surface area contributed by atoms with Crippen molar-refractivity contribution in [3.63, 3.8) is 0 Å². The monoisotopic (exact) mass is 350 g/mol. The quantitative estimate of drug-likeness (QED) is 0.822. The van der Waals surface area contributed by atoms with Crippen LogP contribution in [0.4, 0.5) is 0 Å². The fourth-order valence-corrected chi connectivity index (χ4v) is 4.39. The zero-order chi connectivity index (χ0) is 17.9. The van der Waals surface area contributed by atoms with Crippen molar-refractivity contribution in [2.75, 3.05) is 33.0 Å². The second-order valence-corrected chi connectivity index (χ2v) is 7.71. The topological polar surface area (TPSA) is 68.2 Å². The molecule has 1 saturated heterocycles. The molecule has 25 heavy (non-hydrogen) atoms. The van der Waals surface area contributed by atoms with Crippen LogP contribution in [0.5, 0.6) is 0 Å². The fourth-order valence-electron chi connectivity index (χ4n) is 4.39. The Morgan fingerprint density at radius 2 is 1.52 bits per heavy atom. The summed E-state index contributed by atoms with van der Waals surface area (Å²) >= 11 is 0. The molecule has 1 aromatic rings. The van der Waals surface area contributed by atoms with Crippen LogP contribution in [0.1, 0.15) is 19.4 Å². The van der Waals surface area contributed by atoms with Crippen LogP contribution in [0.3, 0.4) is 0 Å². The van der Waals surface area contributed by atoms with Crippen molar-refractivity contribution >= 4 is 0 Å². The van der Waals surface area contributed by atoms with Gasteiger partial charge in [0.2, 0.25) is 0 Å². The molecule has 0 bridgehead atoms. The van der Waals surface area contributed by atoms with E-state index in [1.54, 1.807) is 0 Å². The number of aliphatic hydroxyl groups is 2. The average Bonchev–Trinajstić information content (AvgIpc) is 2.81. The lowest BCUT2D eigenvalue weighted by Gasteiger charge is -2.28. The SMILES string of the molecule is CC1(C)OC[C@@H]2[C@H](CO1)[C@H](CO)C(COCc1ccccc1)[C@@H]2CO. The first-order chi connectivity index (χ1) is 12.1. The van der Waals surface area contributed by atoms with Crippen molar-refractivity contribution in [1.29, 1.82) is 0 Å². The summed E-state index contributed by atoms with van der Waals surface area (Å²) in [6.07, 6.45) is 0. The summed E-state index contributed by atoms with van der Waals surface area (Å²) in [5.41, 5.74) is 1.13. The molecule has 0 aromatic heterocycles. The number of ether oxygens (including phenoxy) is 3. The highest BCUT2D eigenvalue weighted by Crippen LogP contribution is 2.48. The summed E-state index contributed by atoms with van der Waals surface area (Å²) < 4.78 is 17.7. The van der Waals surface area contributed by atoms with E-state index in [0.717, 1.165) is 5.56 Å². The predicted octanol–water partition coefficient (Wildman–Crippen LogP) is 2.07. The summed E-state index contributed by atoms with van der Waals surface area (Å²) in [5, 5.41) is 20.0. The highest BCUT2D eigenvalue weighted by Gasteiger charge is 2.51. The van der Waals surface area contributed by atoms with Gasteiger partial charge in [-0.1, -0.05) is 30.3 Å². The molecule has 1 saturated carbocycles. The summed E-state index contributed by atoms with van der Waals surface area (Å²) in [5.74, 6) is 0.0143. The molecule has 0 spiro atoms. The van der Waals surface area contributed by atoms with E-state index in [1.807, 2.05) is 44.2 Å². The fraction of sp³-hybridized carbons (Fsp3) is 0.700. The van der Waals surface area contributed by atoms with Gasteiger partial charge in [-0.25, -0.2) is 0 Å². The molecule has 5 nitrogen and oxygen atoms in total. The van der Waals surface area contributed by atoms with Crippen molar-refractivity contribution in [3.05, 3.63) is 35.9 Å². The zero-order valence-corrected chi connectivity index (χ0v) is 15.1. The van der Waals surface area contributed by atoms with Gasteiger partial charge in [-0.2, -0.15) is 0 Å². The number of hydrogen-bond acceptors (Lipinski definition) is 5. The first-order valence-corrected chi connectivity index (χ1v) is 9.17. The Kier molecular flexibility index (Phi) is 6.12. The Morgan fingerprint density at radius 1 is 0.960 bits per heavy atom. The van der Waals surface area contributed by atoms with Gasteiger partial charge in [-0.3, -0.25) is 0 Å². The molecule has 1 aliphatic heterocycles. The van der Waals surface area contributed by atoms with Crippen LogP contribution in [0.15, 0.2) is 30.3 Å². The maximum atomic E-state index is 9.99. The van der Waals surface area contributed by atoms with Crippen molar-refractivity contribution in [2.24, 2.45) is 29.6 Å². The van der Waals surface area contributed by atoms with Gasteiger partial charge < -0.3 is 24.4 Å². The van der Waals surface area contributed by atoms with E-state index in [4.69, 9.17) is 14.2 Å². The Bertz CT molecular complexity index is 508. The third-order valence-corrected chi connectivity index (χ3v) is 5.84. The molecule has 140 valence electrons. The van der Waals surface area contributed by atoms with Crippen LogP contribution >= 0.6 is 0 Å². The van der Waals surface area contributed by atoms with E-state index < -0.39 is 5.79 Å². The van der Waals surface area contributed by atoms with E-state index in [0.29, 0.717) is 26.4 Å². The second kappa shape index (κ2) is 8.14. The zero-order valence-electron chi connectivity index (χ0n) is 15.1. The standard InChI is InChI=1S/C20H30O5/c1-20(2)24-12-18-15(8-21)17(16(9-22)19(18)13-25-20)11-23-10-14-6-4-3-5-7-14/h3-7,15-19,21-22H,8-13H2,1-2H3/t15-,16+,17?,18-,19+. The number of aliphatic hydroxyl groups excluding tert-OH is 2. The number of fused-ring (bicyclic) bond motifs is 1. The normalized spacial score (nSPS) is 34.5. The average molecular weight is 350 g/mol. The van der Waals surface area contributed by atoms with Crippen molar-refractivity contribution in [3.8, 4) is 0 Å². The van der Waals surface area contributed by atoms with Gasteiger partial charge in [0.05, 0.1) is 26.4 Å². The smallest absolute Gasteiger partial charge is 0.162 e. The molecule has 1 unspecified atom stereocenters. The summed E-state index contributed by atoms with van der Waals surface area (Å²) in [6, 6.07) is 10.1. The molecule has 1 aliphatic carbocycles. The molecule has 1 heterocycles. The van der Waals surface area contributed by atoms with E-state index in [9.17, 15) is 10.2 Å². The first kappa shape index (κ1) is 18.8. The lowest BCUT2D eigenvalue weighted by molar-refractivity contribution is -0.206. The molecular weight excluding hydrogens is 320 g/mol. The second-order valence-electron chi connectivity index (χ2n) is 7.71. The molecule has 2 aliphatic rings. The highest BCUT2D eigenvalue weighted by atomic mass is 16.7. The van der Waals surface area contributed by atoms with Crippen molar-refractivity contribution in [1.82, 2.24) is 0 Å². The molecule has 3 rings (SSSR count). The van der Waals surface area contributed by atoms with Crippen molar-refractivity contribution in [2.45, 2.75) is 26.2 Å². The van der Waals surface area contributed by atoms with Gasteiger partial charge in [-0.15, -0.1) is 0 Å². The Morgan fingerprint density at radius 3 is 2.04 bits per heavy atom. The van der Waals surface area contributed by atoms with Gasteiger partial charge in [-0.05, 0) is 49.0 Å². The Balaban J connectivity index is 1.66. The third-order valence-electron chi connectivity index (χ3n) is 5.84. The largest absolute Gasteiger partial charge is 0.396 e. The summed E-state index contributed by atoms with van der Waals surface area (Å²) in [7, 11) is 0. The van der Waals surface area contributed by atoms with Gasteiger partial charge >= 0.3 is 0 Å². The molecule has 0 radical (unpaired) electrons. The Labute approximate surface area is 149 Å². The molecule has 2 fully saturated rings. The predicted molar refractivity (Wildman–Crippen MR) is 93.7 cm³/mol. The van der Waals surface area contributed by atoms with Crippen LogP contribution in [-0.4, -0.2) is 49.0 Å². The maximum Gasteiger partial charge on any atom is 0.162 e. The molecular formula is C20H30O5. The minimum absolute atomic E-state index is 0.0652. The third kappa shape index (κ3) is 4.23. The molecule has 5 heteroatoms. The van der Waals surface area contributed by atoms with E-state index in [1.165, 1.54) is 0 Å². The molecule has 5 atom stereocenters. The maximum absolute atomic E-state index is 9.99. The van der Waals surface area contributed by atoms with Crippen LogP contribution in [0, 0.1) is 29.6 Å². The van der Waals surface area contributed by atoms with Gasteiger partial charge in [0.15, 0.2) is 5.79 Å². The minimum Gasteiger partial charge on any atom is -0.396 e. The van der Waals surface area contributed by atoms with Crippen LogP contribution in [-0.2, 0) is 20.8 Å². The summed E-state index contributed by atoms with van der Waals surface area (Å²) in [6.45, 7) is 6.17. The van der Waals surface area contributed by atoms with Crippen LogP contribution in [0.25, 0.3) is 0 Å². The van der Waals surface area contributed by atoms with Gasteiger partial charge in [0, 0.05) is 13.2 Å². The highest BCUT2D eigenvalue weighted by molar-refractivity contribution is 5.13. The lowest BCUT2D eigenvalue weighted by atomic mass is 9.88. The van der Waals surface area contributed by atoms with E-state index in [2.05, 4.69) is 0 Å². The van der Waals surface area contributed by atoms with Crippen LogP contribution in [0.2, 0.25) is 0 Å². The molecule has 1 aromatic carbocycles. The molecule has 2 N–H and O–H groups in total. The first-order valence-electron chi connectivity index (χ1n) is 9.17. The van der Waals surface area contributed by atoms with Gasteiger partial charge in [0.25, 0.3) is 0 Å². The Hall–Kier alpha value is -0.980. The molecule has 0 amide bonds. The summed E-state index contributed by atoms with van der Waals surface area (Å²) in [4.78, 5) is 0. The number of benzene rings is 1. The van der Waals surface area contributed by atoms with E-state index in [-0.39, 0.29) is 42.8 Å². The van der Waals surface area contributed by atoms with Crippen molar-refractivity contribution < 1.29 is 24.4 Å². The van der Waals surface area contributed by atoms with E-state index >= 15 is 0 Å².